The van der Waals surface area contributed by atoms with Crippen LogP contribution in [0.15, 0.2) is 15.8 Å². The number of halogens is 4. The normalized spacial score (nSPS) is 10.9. The molecule has 0 radical (unpaired) electrons. The van der Waals surface area contributed by atoms with Crippen LogP contribution < -0.4 is 62.6 Å². The summed E-state index contributed by atoms with van der Waals surface area (Å²) < 4.78 is 48.1. The Morgan fingerprint density at radius 3 is 2.33 bits per heavy atom. The van der Waals surface area contributed by atoms with E-state index in [0.717, 1.165) is 0 Å². The number of nitrogens with one attached hydrogen (secondary N) is 1. The number of hydrogen-bond acceptors (Lipinski definition) is 2. The zero-order valence-electron chi connectivity index (χ0n) is 7.64. The summed E-state index contributed by atoms with van der Waals surface area (Å²) in [5, 5.41) is 0. The van der Waals surface area contributed by atoms with Crippen LogP contribution in [0, 0.1) is 5.82 Å². The van der Waals surface area contributed by atoms with Crippen molar-refractivity contribution in [3.05, 3.63) is 32.9 Å². The summed E-state index contributed by atoms with van der Waals surface area (Å²) in [4.78, 5) is 22.6. The first-order valence-corrected chi connectivity index (χ1v) is 3.50. The Balaban J connectivity index is 0.00000196. The minimum absolute atomic E-state index is 0. The van der Waals surface area contributed by atoms with Crippen LogP contribution in [0.2, 0.25) is 0 Å². The summed E-state index contributed by atoms with van der Waals surface area (Å²) in [5.41, 5.74) is -2.61. The van der Waals surface area contributed by atoms with Gasteiger partial charge in [-0.3, -0.25) is 9.78 Å². The summed E-state index contributed by atoms with van der Waals surface area (Å²) in [7, 11) is 0. The minimum Gasteiger partial charge on any atom is -0.448 e. The van der Waals surface area contributed by atoms with Crippen LogP contribution in [0.4, 0.5) is 17.3 Å². The summed E-state index contributed by atoms with van der Waals surface area (Å²) in [6, 6.07) is 0. The molecule has 1 heterocycles. The number of nitrogens with zero attached hydrogens (tertiary/aromatic N) is 1. The SMILES string of the molecule is O=c1[nH]c(=O)n(C[B-](F)(F)F)cc1F.[K+]. The summed E-state index contributed by atoms with van der Waals surface area (Å²) in [6.45, 7) is -5.25. The number of H-pyrrole nitrogens is 1. The van der Waals surface area contributed by atoms with Crippen molar-refractivity contribution in [1.29, 1.82) is 0 Å². The van der Waals surface area contributed by atoms with Gasteiger partial charge in [-0.15, -0.1) is 0 Å². The summed E-state index contributed by atoms with van der Waals surface area (Å²) in [6.07, 6.45) is -1.34. The molecule has 0 aliphatic carbocycles. The van der Waals surface area contributed by atoms with Crippen molar-refractivity contribution in [3.63, 3.8) is 0 Å². The van der Waals surface area contributed by atoms with Gasteiger partial charge in [0.25, 0.3) is 5.56 Å². The van der Waals surface area contributed by atoms with Gasteiger partial charge in [0.15, 0.2) is 0 Å². The molecule has 0 saturated carbocycles. The Labute approximate surface area is 123 Å². The molecule has 0 bridgehead atoms. The van der Waals surface area contributed by atoms with Gasteiger partial charge in [-0.25, -0.2) is 4.79 Å². The molecule has 1 N–H and O–H groups in total. The molecule has 0 fully saturated rings. The molecule has 10 heteroatoms. The minimum atomic E-state index is -5.25. The van der Waals surface area contributed by atoms with Gasteiger partial charge < -0.3 is 17.5 Å². The summed E-state index contributed by atoms with van der Waals surface area (Å²) in [5.74, 6) is -1.43. The Morgan fingerprint density at radius 2 is 1.87 bits per heavy atom. The van der Waals surface area contributed by atoms with Crippen molar-refractivity contribution in [2.45, 2.75) is 6.44 Å². The molecule has 0 atom stereocenters. The average Bonchev–Trinajstić information content (AvgIpc) is 1.97. The molecule has 0 aromatic carbocycles. The Morgan fingerprint density at radius 1 is 1.33 bits per heavy atom. The molecule has 4 nitrogen and oxygen atoms in total. The van der Waals surface area contributed by atoms with Gasteiger partial charge in [0.05, 0.1) is 0 Å². The monoisotopic (exact) mass is 250 g/mol. The molecule has 0 spiro atoms. The smallest absolute Gasteiger partial charge is 0.448 e. The molecule has 0 aliphatic rings. The van der Waals surface area contributed by atoms with E-state index in [1.165, 1.54) is 4.98 Å². The van der Waals surface area contributed by atoms with Gasteiger partial charge in [0.2, 0.25) is 5.82 Å². The quantitative estimate of drug-likeness (QED) is 0.451. The van der Waals surface area contributed by atoms with Crippen molar-refractivity contribution < 1.29 is 68.7 Å². The van der Waals surface area contributed by atoms with Crippen molar-refractivity contribution >= 4 is 6.98 Å². The van der Waals surface area contributed by atoms with Crippen LogP contribution in [0.1, 0.15) is 0 Å². The summed E-state index contributed by atoms with van der Waals surface area (Å²) >= 11 is 0. The third-order valence-electron chi connectivity index (χ3n) is 1.37. The fourth-order valence-electron chi connectivity index (χ4n) is 0.841. The predicted octanol–water partition coefficient (Wildman–Crippen LogP) is -2.93. The van der Waals surface area contributed by atoms with Gasteiger partial charge in [-0.05, 0) is 6.44 Å². The van der Waals surface area contributed by atoms with Crippen LogP contribution in [0.5, 0.6) is 0 Å². The zero-order chi connectivity index (χ0) is 10.9. The molecular formula is C5H4BF4KN2O2. The van der Waals surface area contributed by atoms with Crippen molar-refractivity contribution in [1.82, 2.24) is 9.55 Å². The molecule has 0 aliphatic heterocycles. The largest absolute Gasteiger partial charge is 1.00 e. The van der Waals surface area contributed by atoms with Crippen molar-refractivity contribution in [2.24, 2.45) is 0 Å². The molecular weight excluding hydrogens is 246 g/mol. The van der Waals surface area contributed by atoms with Gasteiger partial charge >= 0.3 is 64.1 Å². The van der Waals surface area contributed by atoms with E-state index in [0.29, 0.717) is 0 Å². The van der Waals surface area contributed by atoms with Crippen LogP contribution in [-0.2, 0) is 6.44 Å². The van der Waals surface area contributed by atoms with Gasteiger partial charge in [-0.2, -0.15) is 4.39 Å². The van der Waals surface area contributed by atoms with Crippen LogP contribution >= 0.6 is 0 Å². The molecule has 1 rings (SSSR count). The second-order valence-corrected chi connectivity index (χ2v) is 2.60. The van der Waals surface area contributed by atoms with E-state index in [9.17, 15) is 26.9 Å². The topological polar surface area (TPSA) is 54.9 Å². The maximum atomic E-state index is 12.5. The molecule has 78 valence electrons. The fourth-order valence-corrected chi connectivity index (χ4v) is 0.841. The van der Waals surface area contributed by atoms with E-state index < -0.39 is 30.5 Å². The van der Waals surface area contributed by atoms with Gasteiger partial charge in [-0.1, -0.05) is 0 Å². The maximum Gasteiger partial charge on any atom is 1.00 e. The maximum absolute atomic E-state index is 12.5. The first-order valence-electron chi connectivity index (χ1n) is 3.50. The van der Waals surface area contributed by atoms with Crippen molar-refractivity contribution in [3.8, 4) is 0 Å². The number of aromatic nitrogens is 2. The second kappa shape index (κ2) is 5.44. The third-order valence-corrected chi connectivity index (χ3v) is 1.37. The Kier molecular flexibility index (Phi) is 5.47. The molecule has 1 aromatic rings. The first-order chi connectivity index (χ1) is 6.29. The molecule has 0 amide bonds. The molecule has 1 aromatic heterocycles. The van der Waals surface area contributed by atoms with Crippen molar-refractivity contribution in [2.75, 3.05) is 0 Å². The van der Waals surface area contributed by atoms with Crippen LogP contribution in [-0.4, -0.2) is 16.5 Å². The number of hydrogen-bond donors (Lipinski definition) is 1. The van der Waals surface area contributed by atoms with E-state index in [4.69, 9.17) is 0 Å². The second-order valence-electron chi connectivity index (χ2n) is 2.60. The van der Waals surface area contributed by atoms with Crippen LogP contribution in [0.3, 0.4) is 0 Å². The van der Waals surface area contributed by atoms with E-state index in [2.05, 4.69) is 0 Å². The van der Waals surface area contributed by atoms with E-state index in [-0.39, 0.29) is 62.1 Å². The van der Waals surface area contributed by atoms with E-state index >= 15 is 0 Å². The standard InChI is InChI=1S/C5H4BF4N2O2.K/c7-3-1-12(2-6(8,9)10)5(14)11-4(3)13;/h1H,2H2,(H,11,13,14);/q-1;+1. The molecule has 0 saturated heterocycles. The number of rotatable bonds is 2. The zero-order valence-corrected chi connectivity index (χ0v) is 10.8. The fraction of sp³-hybridized carbons (Fsp3) is 0.200. The molecule has 15 heavy (non-hydrogen) atoms. The number of aromatic amines is 1. The third kappa shape index (κ3) is 4.64. The first kappa shape index (κ1) is 15.1. The van der Waals surface area contributed by atoms with E-state index in [1.807, 2.05) is 0 Å². The average molecular weight is 250 g/mol. The molecule has 0 unspecified atom stereocenters. The Hall–Kier alpha value is 0.101. The Bertz CT molecular complexity index is 454. The van der Waals surface area contributed by atoms with E-state index in [1.54, 1.807) is 0 Å². The van der Waals surface area contributed by atoms with Gasteiger partial charge in [0.1, 0.15) is 0 Å². The van der Waals surface area contributed by atoms with Gasteiger partial charge in [0, 0.05) is 6.20 Å². The predicted molar refractivity (Wildman–Crippen MR) is 40.4 cm³/mol. The van der Waals surface area contributed by atoms with Crippen LogP contribution in [0.25, 0.3) is 0 Å².